The van der Waals surface area contributed by atoms with Gasteiger partial charge >= 0.3 is 0 Å². The number of β-amino-alcohol motifs (C(OH)–C–C–N with tert-alkyl or cyclic N) is 1. The molecule has 0 atom stereocenters. The molecule has 0 radical (unpaired) electrons. The number of likely N-dealkylation sites (tertiary alicyclic amines) is 1. The van der Waals surface area contributed by atoms with Crippen LogP contribution in [0, 0.1) is 11.3 Å². The van der Waals surface area contributed by atoms with E-state index in [1.807, 2.05) is 4.90 Å². The summed E-state index contributed by atoms with van der Waals surface area (Å²) in [5.74, 6) is 0.650. The SMILES string of the molecule is NCC1(C(=O)N2CC(O)(C3CC3)C2)CCCCC1. The second-order valence-electron chi connectivity index (χ2n) is 6.58. The van der Waals surface area contributed by atoms with Gasteiger partial charge in [-0.1, -0.05) is 19.3 Å². The number of nitrogens with zero attached hydrogens (tertiary/aromatic N) is 1. The highest BCUT2D eigenvalue weighted by atomic mass is 16.3. The summed E-state index contributed by atoms with van der Waals surface area (Å²) in [5, 5.41) is 10.3. The third kappa shape index (κ3) is 1.86. The number of rotatable bonds is 3. The normalized spacial score (nSPS) is 29.8. The van der Waals surface area contributed by atoms with E-state index in [0.717, 1.165) is 38.5 Å². The molecular formula is C14H24N2O2. The number of hydrogen-bond donors (Lipinski definition) is 2. The zero-order valence-electron chi connectivity index (χ0n) is 11.0. The van der Waals surface area contributed by atoms with Gasteiger partial charge < -0.3 is 15.7 Å². The summed E-state index contributed by atoms with van der Waals surface area (Å²) in [5.41, 5.74) is 5.00. The van der Waals surface area contributed by atoms with Gasteiger partial charge in [0.1, 0.15) is 5.60 Å². The number of carbonyl (C=O) groups is 1. The molecule has 0 aromatic heterocycles. The van der Waals surface area contributed by atoms with E-state index in [1.165, 1.54) is 6.42 Å². The van der Waals surface area contributed by atoms with Crippen molar-refractivity contribution in [2.45, 2.75) is 50.5 Å². The maximum atomic E-state index is 12.6. The van der Waals surface area contributed by atoms with Crippen molar-refractivity contribution in [3.8, 4) is 0 Å². The summed E-state index contributed by atoms with van der Waals surface area (Å²) in [4.78, 5) is 14.4. The number of amides is 1. The fraction of sp³-hybridized carbons (Fsp3) is 0.929. The Bertz CT molecular complexity index is 340. The highest BCUT2D eigenvalue weighted by Gasteiger charge is 2.55. The molecule has 0 spiro atoms. The van der Waals surface area contributed by atoms with Gasteiger partial charge in [0.15, 0.2) is 0 Å². The van der Waals surface area contributed by atoms with E-state index in [4.69, 9.17) is 5.73 Å². The Balaban J connectivity index is 1.64. The minimum Gasteiger partial charge on any atom is -0.386 e. The van der Waals surface area contributed by atoms with Gasteiger partial charge in [0, 0.05) is 6.54 Å². The Morgan fingerprint density at radius 3 is 2.33 bits per heavy atom. The number of aliphatic hydroxyl groups is 1. The van der Waals surface area contributed by atoms with E-state index >= 15 is 0 Å². The van der Waals surface area contributed by atoms with E-state index < -0.39 is 5.60 Å². The van der Waals surface area contributed by atoms with Crippen LogP contribution in [0.1, 0.15) is 44.9 Å². The van der Waals surface area contributed by atoms with Crippen molar-refractivity contribution in [1.82, 2.24) is 4.90 Å². The average Bonchev–Trinajstić information content (AvgIpc) is 3.19. The van der Waals surface area contributed by atoms with Crippen LogP contribution in [-0.2, 0) is 4.79 Å². The van der Waals surface area contributed by atoms with Crippen LogP contribution in [0.5, 0.6) is 0 Å². The van der Waals surface area contributed by atoms with Gasteiger partial charge in [0.25, 0.3) is 0 Å². The Kier molecular flexibility index (Phi) is 2.90. The molecule has 1 aliphatic heterocycles. The van der Waals surface area contributed by atoms with Crippen molar-refractivity contribution in [3.63, 3.8) is 0 Å². The van der Waals surface area contributed by atoms with E-state index in [0.29, 0.717) is 25.6 Å². The summed E-state index contributed by atoms with van der Waals surface area (Å²) in [6.45, 7) is 1.54. The lowest BCUT2D eigenvalue weighted by atomic mass is 9.71. The van der Waals surface area contributed by atoms with Gasteiger partial charge in [-0.25, -0.2) is 0 Å². The van der Waals surface area contributed by atoms with Gasteiger partial charge in [-0.05, 0) is 31.6 Å². The second-order valence-corrected chi connectivity index (χ2v) is 6.58. The van der Waals surface area contributed by atoms with Gasteiger partial charge in [-0.3, -0.25) is 4.79 Å². The minimum atomic E-state index is -0.569. The first kappa shape index (κ1) is 12.4. The first-order valence-corrected chi connectivity index (χ1v) is 7.31. The molecule has 102 valence electrons. The van der Waals surface area contributed by atoms with Crippen molar-refractivity contribution in [2.75, 3.05) is 19.6 Å². The molecule has 3 fully saturated rings. The van der Waals surface area contributed by atoms with Crippen LogP contribution >= 0.6 is 0 Å². The molecule has 3 N–H and O–H groups in total. The molecule has 4 heteroatoms. The summed E-state index contributed by atoms with van der Waals surface area (Å²) >= 11 is 0. The zero-order valence-corrected chi connectivity index (χ0v) is 11.0. The molecule has 0 unspecified atom stereocenters. The number of carbonyl (C=O) groups excluding carboxylic acids is 1. The number of hydrogen-bond acceptors (Lipinski definition) is 3. The Morgan fingerprint density at radius 1 is 1.22 bits per heavy atom. The molecule has 3 aliphatic rings. The molecule has 0 bridgehead atoms. The van der Waals surface area contributed by atoms with Gasteiger partial charge in [-0.2, -0.15) is 0 Å². The second kappa shape index (κ2) is 4.20. The Hall–Kier alpha value is -0.610. The predicted molar refractivity (Wildman–Crippen MR) is 68.8 cm³/mol. The standard InChI is InChI=1S/C14H24N2O2/c15-8-13(6-2-1-3-7-13)12(17)16-9-14(18,10-16)11-4-5-11/h11,18H,1-10,15H2. The molecule has 1 saturated heterocycles. The smallest absolute Gasteiger partial charge is 0.230 e. The van der Waals surface area contributed by atoms with Crippen LogP contribution in [0.3, 0.4) is 0 Å². The van der Waals surface area contributed by atoms with E-state index in [9.17, 15) is 9.90 Å². The topological polar surface area (TPSA) is 66.6 Å². The monoisotopic (exact) mass is 252 g/mol. The molecule has 2 aliphatic carbocycles. The van der Waals surface area contributed by atoms with Crippen molar-refractivity contribution >= 4 is 5.91 Å². The average molecular weight is 252 g/mol. The molecule has 3 rings (SSSR count). The molecule has 1 heterocycles. The lowest BCUT2D eigenvalue weighted by molar-refractivity contribution is -0.170. The van der Waals surface area contributed by atoms with Crippen molar-refractivity contribution in [1.29, 1.82) is 0 Å². The molecule has 4 nitrogen and oxygen atoms in total. The summed E-state index contributed by atoms with van der Waals surface area (Å²) in [7, 11) is 0. The largest absolute Gasteiger partial charge is 0.386 e. The molecule has 2 saturated carbocycles. The van der Waals surface area contributed by atoms with Crippen LogP contribution < -0.4 is 5.73 Å². The molecule has 0 aromatic rings. The molecule has 0 aromatic carbocycles. The first-order chi connectivity index (χ1) is 8.60. The fourth-order valence-electron chi connectivity index (χ4n) is 3.71. The van der Waals surface area contributed by atoms with E-state index in [1.54, 1.807) is 0 Å². The molecular weight excluding hydrogens is 228 g/mol. The Morgan fingerprint density at radius 2 is 1.83 bits per heavy atom. The van der Waals surface area contributed by atoms with Crippen LogP contribution in [0.25, 0.3) is 0 Å². The van der Waals surface area contributed by atoms with Crippen molar-refractivity contribution < 1.29 is 9.90 Å². The highest BCUT2D eigenvalue weighted by Crippen LogP contribution is 2.46. The summed E-state index contributed by atoms with van der Waals surface area (Å²) in [6, 6.07) is 0. The maximum Gasteiger partial charge on any atom is 0.230 e. The molecule has 18 heavy (non-hydrogen) atoms. The van der Waals surface area contributed by atoms with Gasteiger partial charge in [0.05, 0.1) is 18.5 Å². The number of nitrogens with two attached hydrogens (primary N) is 1. The lowest BCUT2D eigenvalue weighted by Gasteiger charge is -2.51. The molecule has 1 amide bonds. The first-order valence-electron chi connectivity index (χ1n) is 7.31. The van der Waals surface area contributed by atoms with Crippen LogP contribution in [0.15, 0.2) is 0 Å². The van der Waals surface area contributed by atoms with Crippen molar-refractivity contribution in [3.05, 3.63) is 0 Å². The summed E-state index contributed by atoms with van der Waals surface area (Å²) < 4.78 is 0. The lowest BCUT2D eigenvalue weighted by Crippen LogP contribution is -2.67. The third-order valence-corrected chi connectivity index (χ3v) is 5.21. The Labute approximate surface area is 109 Å². The van der Waals surface area contributed by atoms with Crippen molar-refractivity contribution in [2.24, 2.45) is 17.1 Å². The van der Waals surface area contributed by atoms with Gasteiger partial charge in [-0.15, -0.1) is 0 Å². The van der Waals surface area contributed by atoms with Crippen LogP contribution in [-0.4, -0.2) is 41.1 Å². The summed E-state index contributed by atoms with van der Waals surface area (Å²) in [6.07, 6.45) is 7.57. The fourth-order valence-corrected chi connectivity index (χ4v) is 3.71. The van der Waals surface area contributed by atoms with E-state index in [2.05, 4.69) is 0 Å². The van der Waals surface area contributed by atoms with Gasteiger partial charge in [0.2, 0.25) is 5.91 Å². The van der Waals surface area contributed by atoms with Crippen LogP contribution in [0.4, 0.5) is 0 Å². The highest BCUT2D eigenvalue weighted by molar-refractivity contribution is 5.84. The quantitative estimate of drug-likeness (QED) is 0.783. The van der Waals surface area contributed by atoms with Crippen LogP contribution in [0.2, 0.25) is 0 Å². The zero-order chi connectivity index (χ0) is 12.8. The third-order valence-electron chi connectivity index (χ3n) is 5.21. The predicted octanol–water partition coefficient (Wildman–Crippen LogP) is 0.879. The van der Waals surface area contributed by atoms with E-state index in [-0.39, 0.29) is 11.3 Å². The maximum absolute atomic E-state index is 12.6. The minimum absolute atomic E-state index is 0.204.